The predicted octanol–water partition coefficient (Wildman–Crippen LogP) is 4.82. The average molecular weight is 736 g/mol. The molecule has 270 valence electrons. The van der Waals surface area contributed by atoms with Gasteiger partial charge in [0.2, 0.25) is 0 Å². The minimum atomic E-state index is -4.28. The summed E-state index contributed by atoms with van der Waals surface area (Å²) in [6, 6.07) is 10.2. The number of aryl methyl sites for hydroxylation is 1. The molecule has 0 aliphatic carbocycles. The van der Waals surface area contributed by atoms with Gasteiger partial charge in [0.15, 0.2) is 0 Å². The number of nitriles is 1. The van der Waals surface area contributed by atoms with Gasteiger partial charge in [0.1, 0.15) is 35.4 Å². The summed E-state index contributed by atoms with van der Waals surface area (Å²) in [5.41, 5.74) is 3.87. The van der Waals surface area contributed by atoms with Crippen molar-refractivity contribution in [1.29, 1.82) is 5.26 Å². The molecular formula is C33H41F4N9O2S2. The van der Waals surface area contributed by atoms with Gasteiger partial charge < -0.3 is 9.88 Å². The molecule has 11 nitrogen and oxygen atoms in total. The molecule has 1 atom stereocenters. The lowest BCUT2D eigenvalue weighted by Crippen LogP contribution is -2.54. The van der Waals surface area contributed by atoms with Crippen molar-refractivity contribution in [2.45, 2.75) is 64.5 Å². The quantitative estimate of drug-likeness (QED) is 0.199. The van der Waals surface area contributed by atoms with Gasteiger partial charge in [0.05, 0.1) is 11.8 Å². The predicted molar refractivity (Wildman–Crippen MR) is 186 cm³/mol. The molecule has 2 N–H and O–H groups in total. The summed E-state index contributed by atoms with van der Waals surface area (Å²) in [6.07, 6.45) is -2.15. The zero-order chi connectivity index (χ0) is 35.6. The Morgan fingerprint density at radius 2 is 1.82 bits per heavy atom. The van der Waals surface area contributed by atoms with Gasteiger partial charge in [0.25, 0.3) is 10.2 Å². The van der Waals surface area contributed by atoms with Gasteiger partial charge in [-0.25, -0.2) is 14.4 Å². The number of thiophene rings is 1. The number of likely N-dealkylation sites (tertiary alicyclic amines) is 1. The minimum Gasteiger partial charge on any atom is -0.367 e. The molecule has 2 saturated heterocycles. The lowest BCUT2D eigenvalue weighted by atomic mass is 10.0. The highest BCUT2D eigenvalue weighted by atomic mass is 32.2. The van der Waals surface area contributed by atoms with E-state index in [2.05, 4.69) is 61.9 Å². The number of halogens is 4. The third-order valence-corrected chi connectivity index (χ3v) is 12.4. The van der Waals surface area contributed by atoms with Crippen molar-refractivity contribution in [3.8, 4) is 6.07 Å². The van der Waals surface area contributed by atoms with E-state index >= 15 is 0 Å². The fraction of sp³-hybridized carbons (Fsp3) is 0.545. The van der Waals surface area contributed by atoms with Crippen LogP contribution in [0.25, 0.3) is 21.1 Å². The molecule has 0 radical (unpaired) electrons. The first-order valence-corrected chi connectivity index (χ1v) is 19.0. The number of alkyl halides is 4. The number of anilines is 1. The van der Waals surface area contributed by atoms with Crippen molar-refractivity contribution < 1.29 is 26.0 Å². The van der Waals surface area contributed by atoms with Gasteiger partial charge in [-0.1, -0.05) is 6.07 Å². The molecule has 2 fully saturated rings. The normalized spacial score (nSPS) is 18.2. The standard InChI is InChI=1S/C33H41F4N9O2S2/c1-22(44-11-13-45(14-12-44)50(47,48)41-8-7-34)19-46-26(18-38)15-28-23(2)24(3-4-30(28)46)20-43-9-5-25(6-10-43)42-31-29-16-27(17-33(35,36)37)49-32(29)40-21-39-31/h3-4,15-16,21-22,25,41H,5-14,17,19-20H2,1-2H3,(H,39,40,42)/t22-/m0/s1. The van der Waals surface area contributed by atoms with Crippen molar-refractivity contribution >= 4 is 48.5 Å². The lowest BCUT2D eigenvalue weighted by molar-refractivity contribution is -0.126. The third-order valence-electron chi connectivity index (χ3n) is 9.72. The number of hydrogen-bond donors (Lipinski definition) is 2. The molecule has 50 heavy (non-hydrogen) atoms. The topological polar surface area (TPSA) is 122 Å². The maximum Gasteiger partial charge on any atom is 0.393 e. The first-order chi connectivity index (χ1) is 23.8. The second-order valence-electron chi connectivity index (χ2n) is 13.0. The summed E-state index contributed by atoms with van der Waals surface area (Å²) < 4.78 is 81.8. The molecule has 2 aliphatic heterocycles. The van der Waals surface area contributed by atoms with Crippen LogP contribution in [0.3, 0.4) is 0 Å². The Hall–Kier alpha value is -3.40. The van der Waals surface area contributed by atoms with Gasteiger partial charge in [-0.15, -0.1) is 11.3 Å². The summed E-state index contributed by atoms with van der Waals surface area (Å²) >= 11 is 1.05. The Balaban J connectivity index is 1.06. The molecule has 0 amide bonds. The summed E-state index contributed by atoms with van der Waals surface area (Å²) in [7, 11) is -3.70. The van der Waals surface area contributed by atoms with Crippen molar-refractivity contribution in [2.75, 3.05) is 57.8 Å². The number of piperazine rings is 1. The van der Waals surface area contributed by atoms with Gasteiger partial charge in [-0.2, -0.15) is 35.9 Å². The number of rotatable bonds is 12. The van der Waals surface area contributed by atoms with E-state index in [4.69, 9.17) is 0 Å². The average Bonchev–Trinajstić information content (AvgIpc) is 3.66. The monoisotopic (exact) mass is 735 g/mol. The number of hydrogen-bond acceptors (Lipinski definition) is 9. The largest absolute Gasteiger partial charge is 0.393 e. The molecule has 5 heterocycles. The van der Waals surface area contributed by atoms with Gasteiger partial charge in [-0.3, -0.25) is 9.80 Å². The molecule has 17 heteroatoms. The smallest absolute Gasteiger partial charge is 0.367 e. The maximum absolute atomic E-state index is 13.0. The Kier molecular flexibility index (Phi) is 11.0. The van der Waals surface area contributed by atoms with Gasteiger partial charge >= 0.3 is 6.18 Å². The van der Waals surface area contributed by atoms with E-state index in [0.717, 1.165) is 60.3 Å². The van der Waals surface area contributed by atoms with Crippen LogP contribution in [0.1, 0.15) is 41.5 Å². The van der Waals surface area contributed by atoms with Crippen molar-refractivity contribution in [2.24, 2.45) is 0 Å². The summed E-state index contributed by atoms with van der Waals surface area (Å²) in [5.74, 6) is 0.573. The molecule has 0 bridgehead atoms. The van der Waals surface area contributed by atoms with Crippen LogP contribution in [0.2, 0.25) is 0 Å². The van der Waals surface area contributed by atoms with Crippen LogP contribution in [-0.4, -0.2) is 108 Å². The Labute approximate surface area is 293 Å². The molecule has 2 aliphatic rings. The molecular weight excluding hydrogens is 695 g/mol. The van der Waals surface area contributed by atoms with Gasteiger partial charge in [0, 0.05) is 86.8 Å². The van der Waals surface area contributed by atoms with Crippen LogP contribution in [0.15, 0.2) is 30.6 Å². The van der Waals surface area contributed by atoms with Crippen molar-refractivity contribution in [1.82, 2.24) is 33.4 Å². The van der Waals surface area contributed by atoms with Crippen molar-refractivity contribution in [3.63, 3.8) is 0 Å². The fourth-order valence-corrected chi connectivity index (χ4v) is 9.17. The number of nitrogens with one attached hydrogen (secondary N) is 2. The number of benzene rings is 1. The maximum atomic E-state index is 13.0. The zero-order valence-corrected chi connectivity index (χ0v) is 29.6. The van der Waals surface area contributed by atoms with Crippen LogP contribution in [-0.2, 0) is 29.7 Å². The molecule has 0 saturated carbocycles. The first kappa shape index (κ1) is 36.4. The van der Waals surface area contributed by atoms with Crippen LogP contribution >= 0.6 is 11.3 Å². The highest BCUT2D eigenvalue weighted by molar-refractivity contribution is 7.87. The number of fused-ring (bicyclic) bond motifs is 2. The van der Waals surface area contributed by atoms with E-state index in [1.807, 2.05) is 10.6 Å². The van der Waals surface area contributed by atoms with E-state index < -0.39 is 29.5 Å². The van der Waals surface area contributed by atoms with Gasteiger partial charge in [-0.05, 0) is 56.0 Å². The fourth-order valence-electron chi connectivity index (χ4n) is 6.98. The highest BCUT2D eigenvalue weighted by Gasteiger charge is 2.31. The van der Waals surface area contributed by atoms with Crippen LogP contribution in [0.5, 0.6) is 0 Å². The molecule has 6 rings (SSSR count). The Morgan fingerprint density at radius 3 is 2.50 bits per heavy atom. The number of piperidine rings is 1. The van der Waals surface area contributed by atoms with E-state index in [1.54, 1.807) is 6.07 Å². The van der Waals surface area contributed by atoms with Crippen LogP contribution in [0.4, 0.5) is 23.4 Å². The number of nitrogens with zero attached hydrogens (tertiary/aromatic N) is 7. The van der Waals surface area contributed by atoms with E-state index in [-0.39, 0.29) is 23.5 Å². The Bertz CT molecular complexity index is 1960. The molecule has 3 aromatic heterocycles. The van der Waals surface area contributed by atoms with E-state index in [1.165, 1.54) is 16.2 Å². The molecule has 0 spiro atoms. The van der Waals surface area contributed by atoms with Crippen LogP contribution < -0.4 is 10.0 Å². The molecule has 0 unspecified atom stereocenters. The van der Waals surface area contributed by atoms with E-state index in [9.17, 15) is 31.2 Å². The summed E-state index contributed by atoms with van der Waals surface area (Å²) in [6.45, 7) is 7.89. The first-order valence-electron chi connectivity index (χ1n) is 16.7. The molecule has 4 aromatic rings. The second kappa shape index (κ2) is 15.1. The Morgan fingerprint density at radius 1 is 1.08 bits per heavy atom. The summed E-state index contributed by atoms with van der Waals surface area (Å²) in [5, 5.41) is 15.1. The highest BCUT2D eigenvalue weighted by Crippen LogP contribution is 2.33. The second-order valence-corrected chi connectivity index (χ2v) is 15.9. The SMILES string of the molecule is Cc1c(CN2CCC(Nc3ncnc4sc(CC(F)(F)F)cc34)CC2)ccc2c1cc(C#N)n2C[C@H](C)N1CCN(S(=O)(=O)NCCF)CC1. The number of aromatic nitrogens is 3. The molecule has 1 aromatic carbocycles. The third kappa shape index (κ3) is 8.21. The van der Waals surface area contributed by atoms with E-state index in [0.29, 0.717) is 54.5 Å². The summed E-state index contributed by atoms with van der Waals surface area (Å²) in [4.78, 5) is 13.9. The van der Waals surface area contributed by atoms with Crippen LogP contribution in [0, 0.1) is 18.3 Å². The minimum absolute atomic E-state index is 0.0522. The lowest BCUT2D eigenvalue weighted by Gasteiger charge is -2.37. The van der Waals surface area contributed by atoms with Crippen molar-refractivity contribution in [3.05, 3.63) is 52.3 Å². The zero-order valence-electron chi connectivity index (χ0n) is 28.0.